The summed E-state index contributed by atoms with van der Waals surface area (Å²) in [5.74, 6) is -0.0567. The Hall–Kier alpha value is -2.38. The molecule has 6 nitrogen and oxygen atoms in total. The zero-order valence-electron chi connectivity index (χ0n) is 12.9. The lowest BCUT2D eigenvalue weighted by Crippen LogP contribution is -2.49. The van der Waals surface area contributed by atoms with Crippen LogP contribution in [0, 0.1) is 0 Å². The maximum Gasteiger partial charge on any atom is 0.252 e. The maximum absolute atomic E-state index is 12.4. The molecule has 3 N–H and O–H groups in total. The van der Waals surface area contributed by atoms with E-state index in [1.807, 2.05) is 30.3 Å². The molecule has 2 aromatic rings. The van der Waals surface area contributed by atoms with Crippen LogP contribution < -0.4 is 10.6 Å². The maximum atomic E-state index is 12.4. The number of fused-ring (bicyclic) bond motifs is 1. The van der Waals surface area contributed by atoms with Crippen molar-refractivity contribution in [2.45, 2.75) is 6.04 Å². The summed E-state index contributed by atoms with van der Waals surface area (Å²) in [5, 5.41) is 17.1. The topological polar surface area (TPSA) is 90.8 Å². The van der Waals surface area contributed by atoms with Crippen molar-refractivity contribution in [3.05, 3.63) is 48.0 Å². The molecule has 0 saturated heterocycles. The van der Waals surface area contributed by atoms with Gasteiger partial charge in [0.15, 0.2) is 5.17 Å². The van der Waals surface area contributed by atoms with Crippen molar-refractivity contribution >= 4 is 39.5 Å². The highest BCUT2D eigenvalue weighted by Gasteiger charge is 2.22. The Balaban J connectivity index is 1.69. The Labute approximate surface area is 143 Å². The first kappa shape index (κ1) is 16.5. The second-order valence-electron chi connectivity index (χ2n) is 5.30. The molecule has 3 rings (SSSR count). The lowest BCUT2D eigenvalue weighted by atomic mass is 10.1. The van der Waals surface area contributed by atoms with Crippen molar-refractivity contribution in [1.29, 1.82) is 0 Å². The summed E-state index contributed by atoms with van der Waals surface area (Å²) in [7, 11) is 0. The summed E-state index contributed by atoms with van der Waals surface area (Å²) < 4.78 is 0. The molecule has 0 fully saturated rings. The molecule has 1 aliphatic heterocycles. The zero-order chi connectivity index (χ0) is 16.9. The number of amides is 2. The monoisotopic (exact) mass is 343 g/mol. The lowest BCUT2D eigenvalue weighted by molar-refractivity contribution is -0.122. The number of amidine groups is 1. The molecular formula is C17H17N3O3S. The van der Waals surface area contributed by atoms with E-state index < -0.39 is 24.5 Å². The second-order valence-corrected chi connectivity index (χ2v) is 6.38. The number of hydrogen-bond acceptors (Lipinski definition) is 5. The number of nitrogens with one attached hydrogen (secondary N) is 2. The van der Waals surface area contributed by atoms with Crippen LogP contribution in [0.4, 0.5) is 0 Å². The van der Waals surface area contributed by atoms with Crippen molar-refractivity contribution in [3.63, 3.8) is 0 Å². The molecule has 0 spiro atoms. The fraction of sp³-hybridized carbons (Fsp3) is 0.235. The first-order chi connectivity index (χ1) is 11.7. The van der Waals surface area contributed by atoms with Crippen LogP contribution in [0.15, 0.2) is 47.5 Å². The first-order valence-electron chi connectivity index (χ1n) is 7.56. The highest BCUT2D eigenvalue weighted by molar-refractivity contribution is 8.14. The predicted molar refractivity (Wildman–Crippen MR) is 95.2 cm³/mol. The Kier molecular flexibility index (Phi) is 5.12. The van der Waals surface area contributed by atoms with E-state index in [4.69, 9.17) is 0 Å². The van der Waals surface area contributed by atoms with E-state index in [-0.39, 0.29) is 0 Å². The second kappa shape index (κ2) is 7.46. The zero-order valence-corrected chi connectivity index (χ0v) is 13.7. The van der Waals surface area contributed by atoms with Gasteiger partial charge in [0.05, 0.1) is 13.2 Å². The number of carbonyl (C=O) groups is 2. The smallest absolute Gasteiger partial charge is 0.252 e. The summed E-state index contributed by atoms with van der Waals surface area (Å²) in [5.41, 5.74) is 0.438. The van der Waals surface area contributed by atoms with Crippen molar-refractivity contribution in [2.75, 3.05) is 18.9 Å². The molecule has 1 atom stereocenters. The molecule has 0 aliphatic carbocycles. The molecule has 0 saturated carbocycles. The van der Waals surface area contributed by atoms with E-state index in [1.165, 1.54) is 11.8 Å². The van der Waals surface area contributed by atoms with Crippen molar-refractivity contribution in [3.8, 4) is 0 Å². The Morgan fingerprint density at radius 2 is 2.00 bits per heavy atom. The molecular weight excluding hydrogens is 326 g/mol. The van der Waals surface area contributed by atoms with Crippen LogP contribution in [-0.4, -0.2) is 47.0 Å². The van der Waals surface area contributed by atoms with E-state index in [2.05, 4.69) is 15.6 Å². The number of benzene rings is 2. The molecule has 2 aromatic carbocycles. The van der Waals surface area contributed by atoms with E-state index in [9.17, 15) is 14.7 Å². The molecule has 0 bridgehead atoms. The van der Waals surface area contributed by atoms with Crippen molar-refractivity contribution in [2.24, 2.45) is 4.99 Å². The van der Waals surface area contributed by atoms with E-state index >= 15 is 0 Å². The van der Waals surface area contributed by atoms with Gasteiger partial charge in [-0.25, -0.2) is 0 Å². The van der Waals surface area contributed by atoms with Gasteiger partial charge in [-0.05, 0) is 22.9 Å². The highest BCUT2D eigenvalue weighted by Crippen LogP contribution is 2.15. The third kappa shape index (κ3) is 3.74. The number of aliphatic hydroxyl groups is 1. The van der Waals surface area contributed by atoms with Gasteiger partial charge in [0, 0.05) is 11.3 Å². The van der Waals surface area contributed by atoms with Gasteiger partial charge in [0.2, 0.25) is 0 Å². The molecule has 1 unspecified atom stereocenters. The lowest BCUT2D eigenvalue weighted by Gasteiger charge is -2.16. The van der Waals surface area contributed by atoms with Crippen LogP contribution in [0.3, 0.4) is 0 Å². The van der Waals surface area contributed by atoms with Crippen LogP contribution in [-0.2, 0) is 4.79 Å². The predicted octanol–water partition coefficient (Wildman–Crippen LogP) is 1.15. The van der Waals surface area contributed by atoms with Crippen molar-refractivity contribution in [1.82, 2.24) is 10.6 Å². The van der Waals surface area contributed by atoms with Gasteiger partial charge in [0.25, 0.3) is 11.8 Å². The van der Waals surface area contributed by atoms with Crippen LogP contribution in [0.2, 0.25) is 0 Å². The van der Waals surface area contributed by atoms with Gasteiger partial charge < -0.3 is 15.7 Å². The summed E-state index contributed by atoms with van der Waals surface area (Å²) in [6, 6.07) is 12.0. The summed E-state index contributed by atoms with van der Waals surface area (Å²) >= 11 is 1.44. The fourth-order valence-corrected chi connectivity index (χ4v) is 3.10. The molecule has 2 amide bonds. The van der Waals surface area contributed by atoms with Crippen LogP contribution in [0.1, 0.15) is 10.4 Å². The van der Waals surface area contributed by atoms with Gasteiger partial charge in [-0.3, -0.25) is 14.6 Å². The Morgan fingerprint density at radius 1 is 1.21 bits per heavy atom. The minimum atomic E-state index is -1.02. The fourth-order valence-electron chi connectivity index (χ4n) is 2.37. The van der Waals surface area contributed by atoms with Crippen LogP contribution in [0.25, 0.3) is 10.8 Å². The third-order valence-corrected chi connectivity index (χ3v) is 4.52. The molecule has 24 heavy (non-hydrogen) atoms. The third-order valence-electron chi connectivity index (χ3n) is 3.63. The summed E-state index contributed by atoms with van der Waals surface area (Å²) in [6.07, 6.45) is 0. The minimum absolute atomic E-state index is 0.407. The van der Waals surface area contributed by atoms with Gasteiger partial charge in [-0.15, -0.1) is 0 Å². The largest absolute Gasteiger partial charge is 0.394 e. The minimum Gasteiger partial charge on any atom is -0.394 e. The van der Waals surface area contributed by atoms with E-state index in [0.717, 1.165) is 16.5 Å². The number of aliphatic hydroxyl groups excluding tert-OH is 1. The van der Waals surface area contributed by atoms with E-state index in [0.29, 0.717) is 17.3 Å². The molecule has 0 aromatic heterocycles. The number of carbonyl (C=O) groups excluding carboxylic acids is 2. The number of hydrogen-bond donors (Lipinski definition) is 3. The number of nitrogens with zero attached hydrogens (tertiary/aromatic N) is 1. The van der Waals surface area contributed by atoms with Crippen LogP contribution in [0.5, 0.6) is 0 Å². The van der Waals surface area contributed by atoms with Crippen molar-refractivity contribution < 1.29 is 14.7 Å². The van der Waals surface area contributed by atoms with Gasteiger partial charge in [-0.1, -0.05) is 42.1 Å². The normalized spacial score (nSPS) is 15.0. The number of rotatable bonds is 4. The molecule has 1 heterocycles. The average Bonchev–Trinajstić information content (AvgIpc) is 3.11. The van der Waals surface area contributed by atoms with Crippen LogP contribution >= 0.6 is 11.8 Å². The molecule has 1 aliphatic rings. The molecule has 0 radical (unpaired) electrons. The number of aliphatic imine (C=N–C) groups is 1. The highest BCUT2D eigenvalue weighted by atomic mass is 32.2. The van der Waals surface area contributed by atoms with Gasteiger partial charge >= 0.3 is 0 Å². The van der Waals surface area contributed by atoms with E-state index in [1.54, 1.807) is 12.1 Å². The molecule has 7 heteroatoms. The number of thioether (sulfide) groups is 1. The quantitative estimate of drug-likeness (QED) is 0.777. The standard InChI is InChI=1S/C17H17N3O3S/c21-10-14(16(23)20-17-18-7-8-24-17)19-15(22)13-6-5-11-3-1-2-4-12(11)9-13/h1-6,9,14,21H,7-8,10H2,(H,19,22)(H,18,20,23). The SMILES string of the molecule is O=C(NC(CO)C(=O)NC1=NCCS1)c1ccc2ccccc2c1. The Bertz CT molecular complexity index is 807. The summed E-state index contributed by atoms with van der Waals surface area (Å²) in [4.78, 5) is 28.6. The van der Waals surface area contributed by atoms with Gasteiger partial charge in [0.1, 0.15) is 6.04 Å². The Morgan fingerprint density at radius 3 is 2.71 bits per heavy atom. The first-order valence-corrected chi connectivity index (χ1v) is 8.54. The average molecular weight is 343 g/mol. The summed E-state index contributed by atoms with van der Waals surface area (Å²) in [6.45, 7) is 0.177. The van der Waals surface area contributed by atoms with Gasteiger partial charge in [-0.2, -0.15) is 0 Å². The molecule has 124 valence electrons.